The quantitative estimate of drug-likeness (QED) is 0.572. The van der Waals surface area contributed by atoms with Crippen molar-refractivity contribution in [1.82, 2.24) is 10.2 Å². The predicted molar refractivity (Wildman–Crippen MR) is 45.7 cm³/mol. The van der Waals surface area contributed by atoms with Gasteiger partial charge < -0.3 is 15.3 Å². The summed E-state index contributed by atoms with van der Waals surface area (Å²) in [4.78, 5) is 12.9. The lowest BCUT2D eigenvalue weighted by molar-refractivity contribution is -0.132. The molecule has 1 aliphatic heterocycles. The summed E-state index contributed by atoms with van der Waals surface area (Å²) in [6, 6.07) is -0.0440. The average Bonchev–Trinajstić information content (AvgIpc) is 2.48. The lowest BCUT2D eigenvalue weighted by Gasteiger charge is -2.25. The maximum Gasteiger partial charge on any atom is 0.222 e. The van der Waals surface area contributed by atoms with Gasteiger partial charge in [0.25, 0.3) is 0 Å². The molecule has 0 aliphatic carbocycles. The third kappa shape index (κ3) is 1.76. The van der Waals surface area contributed by atoms with Crippen molar-refractivity contribution in [1.29, 1.82) is 0 Å². The van der Waals surface area contributed by atoms with Crippen molar-refractivity contribution in [2.24, 2.45) is 0 Å². The minimum Gasteiger partial charge on any atom is -0.390 e. The summed E-state index contributed by atoms with van der Waals surface area (Å²) >= 11 is 0. The van der Waals surface area contributed by atoms with Crippen LogP contribution in [0.2, 0.25) is 0 Å². The lowest BCUT2D eigenvalue weighted by Crippen LogP contribution is -2.43. The van der Waals surface area contributed by atoms with Crippen LogP contribution in [0.4, 0.5) is 0 Å². The van der Waals surface area contributed by atoms with Crippen LogP contribution in [0.5, 0.6) is 0 Å². The summed E-state index contributed by atoms with van der Waals surface area (Å²) in [5, 5.41) is 12.5. The fourth-order valence-electron chi connectivity index (χ4n) is 1.48. The molecule has 0 saturated carbocycles. The van der Waals surface area contributed by atoms with E-state index >= 15 is 0 Å². The molecule has 1 heterocycles. The molecule has 0 aromatic rings. The Kier molecular flexibility index (Phi) is 3.05. The molecule has 70 valence electrons. The molecule has 12 heavy (non-hydrogen) atoms. The molecular formula is C8H16N2O2. The van der Waals surface area contributed by atoms with Crippen molar-refractivity contribution in [2.75, 3.05) is 20.1 Å². The summed E-state index contributed by atoms with van der Waals surface area (Å²) in [7, 11) is 1.74. The summed E-state index contributed by atoms with van der Waals surface area (Å²) in [6.07, 6.45) is 0.0881. The molecule has 1 aliphatic rings. The number of amides is 1. The molecule has 0 bridgehead atoms. The highest BCUT2D eigenvalue weighted by Gasteiger charge is 2.30. The molecule has 2 N–H and O–H groups in total. The monoisotopic (exact) mass is 172 g/mol. The number of hydrogen-bond donors (Lipinski definition) is 2. The standard InChI is InChI=1S/C8H16N2O2/c1-3-8(12)10(2)6-4-9-5-7(6)11/h6-7,9,11H,3-5H2,1-2H3/t6-,7-/m0/s1. The zero-order chi connectivity index (χ0) is 9.14. The van der Waals surface area contributed by atoms with Gasteiger partial charge in [-0.2, -0.15) is 0 Å². The van der Waals surface area contributed by atoms with Gasteiger partial charge in [0.15, 0.2) is 0 Å². The molecule has 2 atom stereocenters. The van der Waals surface area contributed by atoms with E-state index in [1.807, 2.05) is 6.92 Å². The molecule has 0 aromatic heterocycles. The molecule has 4 heteroatoms. The number of carbonyl (C=O) groups excluding carboxylic acids is 1. The number of aliphatic hydroxyl groups excluding tert-OH is 1. The maximum atomic E-state index is 11.2. The van der Waals surface area contributed by atoms with Crippen LogP contribution in [0.3, 0.4) is 0 Å². The van der Waals surface area contributed by atoms with Gasteiger partial charge >= 0.3 is 0 Å². The van der Waals surface area contributed by atoms with E-state index in [0.29, 0.717) is 19.5 Å². The fourth-order valence-corrected chi connectivity index (χ4v) is 1.48. The van der Waals surface area contributed by atoms with Gasteiger partial charge in [-0.15, -0.1) is 0 Å². The summed E-state index contributed by atoms with van der Waals surface area (Å²) < 4.78 is 0. The molecular weight excluding hydrogens is 156 g/mol. The van der Waals surface area contributed by atoms with Crippen molar-refractivity contribution in [3.63, 3.8) is 0 Å². The molecule has 0 radical (unpaired) electrons. The van der Waals surface area contributed by atoms with Crippen LogP contribution in [-0.2, 0) is 4.79 Å². The third-order valence-corrected chi connectivity index (χ3v) is 2.34. The van der Waals surface area contributed by atoms with Gasteiger partial charge in [-0.25, -0.2) is 0 Å². The van der Waals surface area contributed by atoms with E-state index in [9.17, 15) is 9.90 Å². The Morgan fingerprint density at radius 3 is 2.75 bits per heavy atom. The van der Waals surface area contributed by atoms with E-state index in [2.05, 4.69) is 5.32 Å². The van der Waals surface area contributed by atoms with Crippen molar-refractivity contribution < 1.29 is 9.90 Å². The smallest absolute Gasteiger partial charge is 0.222 e. The first kappa shape index (κ1) is 9.48. The van der Waals surface area contributed by atoms with E-state index in [0.717, 1.165) is 0 Å². The van der Waals surface area contributed by atoms with Crippen LogP contribution in [0.25, 0.3) is 0 Å². The number of aliphatic hydroxyl groups is 1. The Balaban J connectivity index is 2.51. The summed E-state index contributed by atoms with van der Waals surface area (Å²) in [5.41, 5.74) is 0. The maximum absolute atomic E-state index is 11.2. The average molecular weight is 172 g/mol. The van der Waals surface area contributed by atoms with Crippen LogP contribution in [-0.4, -0.2) is 48.2 Å². The number of likely N-dealkylation sites (N-methyl/N-ethyl adjacent to an activating group) is 1. The molecule has 1 rings (SSSR count). The summed E-state index contributed by atoms with van der Waals surface area (Å²) in [5.74, 6) is 0.0859. The molecule has 1 amide bonds. The van der Waals surface area contributed by atoms with Crippen molar-refractivity contribution in [2.45, 2.75) is 25.5 Å². The Hall–Kier alpha value is -0.610. The van der Waals surface area contributed by atoms with Crippen LogP contribution in [0.15, 0.2) is 0 Å². The van der Waals surface area contributed by atoms with E-state index in [1.54, 1.807) is 11.9 Å². The van der Waals surface area contributed by atoms with E-state index in [-0.39, 0.29) is 11.9 Å². The number of rotatable bonds is 2. The van der Waals surface area contributed by atoms with Gasteiger partial charge in [0.1, 0.15) is 0 Å². The molecule has 1 fully saturated rings. The number of hydrogen-bond acceptors (Lipinski definition) is 3. The largest absolute Gasteiger partial charge is 0.390 e. The number of nitrogens with zero attached hydrogens (tertiary/aromatic N) is 1. The van der Waals surface area contributed by atoms with E-state index in [1.165, 1.54) is 0 Å². The molecule has 0 aromatic carbocycles. The first-order valence-electron chi connectivity index (χ1n) is 4.31. The minimum absolute atomic E-state index is 0.0440. The molecule has 0 spiro atoms. The summed E-state index contributed by atoms with van der Waals surface area (Å²) in [6.45, 7) is 3.11. The lowest BCUT2D eigenvalue weighted by atomic mass is 10.2. The Labute approximate surface area is 72.6 Å². The van der Waals surface area contributed by atoms with E-state index in [4.69, 9.17) is 0 Å². The fraction of sp³-hybridized carbons (Fsp3) is 0.875. The first-order valence-corrected chi connectivity index (χ1v) is 4.31. The Morgan fingerprint density at radius 2 is 2.33 bits per heavy atom. The SMILES string of the molecule is CCC(=O)N(C)[C@H]1CNC[C@@H]1O. The highest BCUT2D eigenvalue weighted by Crippen LogP contribution is 2.08. The Bertz CT molecular complexity index is 172. The van der Waals surface area contributed by atoms with Crippen molar-refractivity contribution in [3.05, 3.63) is 0 Å². The highest BCUT2D eigenvalue weighted by molar-refractivity contribution is 5.76. The van der Waals surface area contributed by atoms with Gasteiger partial charge in [-0.1, -0.05) is 6.92 Å². The third-order valence-electron chi connectivity index (χ3n) is 2.34. The van der Waals surface area contributed by atoms with Gasteiger partial charge in [0.2, 0.25) is 5.91 Å². The Morgan fingerprint density at radius 1 is 1.67 bits per heavy atom. The topological polar surface area (TPSA) is 52.6 Å². The number of carbonyl (C=O) groups is 1. The zero-order valence-corrected chi connectivity index (χ0v) is 7.58. The normalized spacial score (nSPS) is 28.9. The van der Waals surface area contributed by atoms with Crippen molar-refractivity contribution in [3.8, 4) is 0 Å². The van der Waals surface area contributed by atoms with Crippen LogP contribution in [0, 0.1) is 0 Å². The van der Waals surface area contributed by atoms with Gasteiger partial charge in [-0.05, 0) is 0 Å². The van der Waals surface area contributed by atoms with E-state index < -0.39 is 6.10 Å². The second-order valence-corrected chi connectivity index (χ2v) is 3.15. The number of nitrogens with one attached hydrogen (secondary N) is 1. The van der Waals surface area contributed by atoms with Gasteiger partial charge in [0, 0.05) is 26.6 Å². The molecule has 1 saturated heterocycles. The molecule has 0 unspecified atom stereocenters. The van der Waals surface area contributed by atoms with Crippen LogP contribution >= 0.6 is 0 Å². The van der Waals surface area contributed by atoms with Gasteiger partial charge in [-0.3, -0.25) is 4.79 Å². The second-order valence-electron chi connectivity index (χ2n) is 3.15. The predicted octanol–water partition coefficient (Wildman–Crippen LogP) is -0.812. The first-order chi connectivity index (χ1) is 5.66. The molecule has 4 nitrogen and oxygen atoms in total. The van der Waals surface area contributed by atoms with Gasteiger partial charge in [0.05, 0.1) is 12.1 Å². The van der Waals surface area contributed by atoms with Crippen LogP contribution < -0.4 is 5.32 Å². The van der Waals surface area contributed by atoms with Crippen molar-refractivity contribution >= 4 is 5.91 Å². The minimum atomic E-state index is -0.412. The zero-order valence-electron chi connectivity index (χ0n) is 7.58. The second kappa shape index (κ2) is 3.87. The highest BCUT2D eigenvalue weighted by atomic mass is 16.3. The number of β-amino-alcohol motifs (C(OH)–C–C–N with tert-alkyl or cyclic N) is 1. The van der Waals surface area contributed by atoms with Crippen LogP contribution in [0.1, 0.15) is 13.3 Å².